The first kappa shape index (κ1) is 32.9. The van der Waals surface area contributed by atoms with Crippen LogP contribution in [0.15, 0.2) is 182 Å². The fraction of sp³-hybridized carbons (Fsp3) is 0.0385. The first-order chi connectivity index (χ1) is 26.8. The van der Waals surface area contributed by atoms with E-state index in [2.05, 4.69) is 153 Å². The molecule has 262 valence electrons. The highest BCUT2D eigenvalue weighted by molar-refractivity contribution is 6.23. The lowest BCUT2D eigenvalue weighted by atomic mass is 9.87. The van der Waals surface area contributed by atoms with Gasteiger partial charge in [-0.3, -0.25) is 0 Å². The van der Waals surface area contributed by atoms with Gasteiger partial charge in [0, 0.05) is 0 Å². The fourth-order valence-electron chi connectivity index (χ4n) is 8.26. The Kier molecular flexibility index (Phi) is 7.60. The SMILES string of the molecule is Cc1ccc2cc(-c3ccc(-c4cc5c6ccccc6c(-c6ccc(-c7ccc8cc(C(F)(F)F)ccc8c7)cc6)cc5c5ccccc45)cc3)ccc2c1. The minimum atomic E-state index is -4.37. The Morgan fingerprint density at radius 2 is 0.691 bits per heavy atom. The summed E-state index contributed by atoms with van der Waals surface area (Å²) in [5.41, 5.74) is 9.63. The van der Waals surface area contributed by atoms with Crippen molar-refractivity contribution in [1.29, 1.82) is 0 Å². The zero-order valence-corrected chi connectivity index (χ0v) is 30.0. The molecule has 0 heterocycles. The molecule has 0 unspecified atom stereocenters. The summed E-state index contributed by atoms with van der Waals surface area (Å²) in [5.74, 6) is 0. The van der Waals surface area contributed by atoms with Crippen LogP contribution in [0.5, 0.6) is 0 Å². The molecule has 0 radical (unpaired) electrons. The van der Waals surface area contributed by atoms with E-state index in [-0.39, 0.29) is 0 Å². The zero-order chi connectivity index (χ0) is 37.3. The van der Waals surface area contributed by atoms with Crippen molar-refractivity contribution < 1.29 is 13.2 Å². The van der Waals surface area contributed by atoms with Gasteiger partial charge < -0.3 is 0 Å². The third-order valence-electron chi connectivity index (χ3n) is 11.1. The number of aryl methyl sites for hydroxylation is 1. The van der Waals surface area contributed by atoms with Gasteiger partial charge in [0.05, 0.1) is 5.56 Å². The summed E-state index contributed by atoms with van der Waals surface area (Å²) >= 11 is 0. The summed E-state index contributed by atoms with van der Waals surface area (Å²) in [6.07, 6.45) is -4.37. The molecule has 55 heavy (non-hydrogen) atoms. The lowest BCUT2D eigenvalue weighted by molar-refractivity contribution is -0.137. The van der Waals surface area contributed by atoms with Crippen LogP contribution < -0.4 is 0 Å². The summed E-state index contributed by atoms with van der Waals surface area (Å²) < 4.78 is 39.9. The van der Waals surface area contributed by atoms with Gasteiger partial charge in [0.2, 0.25) is 0 Å². The molecule has 0 saturated carbocycles. The number of fused-ring (bicyclic) bond motifs is 7. The van der Waals surface area contributed by atoms with Crippen molar-refractivity contribution in [2.75, 3.05) is 0 Å². The van der Waals surface area contributed by atoms with Crippen LogP contribution in [0.1, 0.15) is 11.1 Å². The Bertz CT molecular complexity index is 3120. The molecule has 0 fully saturated rings. The fourth-order valence-corrected chi connectivity index (χ4v) is 8.26. The molecule has 10 rings (SSSR count). The van der Waals surface area contributed by atoms with Crippen molar-refractivity contribution in [3.63, 3.8) is 0 Å². The number of alkyl halides is 3. The summed E-state index contributed by atoms with van der Waals surface area (Å²) in [7, 11) is 0. The largest absolute Gasteiger partial charge is 0.416 e. The molecule has 0 spiro atoms. The third kappa shape index (κ3) is 5.80. The summed E-state index contributed by atoms with van der Waals surface area (Å²) in [6, 6.07) is 62.3. The predicted octanol–water partition coefficient (Wildman–Crippen LogP) is 15.4. The Labute approximate surface area is 316 Å². The Morgan fingerprint density at radius 3 is 1.18 bits per heavy atom. The topological polar surface area (TPSA) is 0 Å². The molecule has 0 bridgehead atoms. The van der Waals surface area contributed by atoms with E-state index in [1.807, 2.05) is 12.1 Å². The number of hydrogen-bond acceptors (Lipinski definition) is 0. The van der Waals surface area contributed by atoms with Crippen LogP contribution in [-0.2, 0) is 6.18 Å². The van der Waals surface area contributed by atoms with Gasteiger partial charge in [-0.25, -0.2) is 0 Å². The summed E-state index contributed by atoms with van der Waals surface area (Å²) in [6.45, 7) is 2.13. The van der Waals surface area contributed by atoms with Crippen molar-refractivity contribution in [2.24, 2.45) is 0 Å². The highest BCUT2D eigenvalue weighted by Crippen LogP contribution is 2.42. The smallest absolute Gasteiger partial charge is 0.166 e. The maximum Gasteiger partial charge on any atom is 0.416 e. The summed E-state index contributed by atoms with van der Waals surface area (Å²) in [4.78, 5) is 0. The van der Waals surface area contributed by atoms with Crippen LogP contribution in [-0.4, -0.2) is 0 Å². The van der Waals surface area contributed by atoms with Gasteiger partial charge in [-0.05, 0) is 142 Å². The van der Waals surface area contributed by atoms with Gasteiger partial charge in [0.15, 0.2) is 0 Å². The van der Waals surface area contributed by atoms with Crippen LogP contribution in [0.4, 0.5) is 13.2 Å². The second-order valence-electron chi connectivity index (χ2n) is 14.5. The molecule has 3 heteroatoms. The average Bonchev–Trinajstić information content (AvgIpc) is 3.22. The van der Waals surface area contributed by atoms with Gasteiger partial charge >= 0.3 is 6.18 Å². The van der Waals surface area contributed by atoms with E-state index in [0.29, 0.717) is 5.39 Å². The van der Waals surface area contributed by atoms with Crippen molar-refractivity contribution in [2.45, 2.75) is 13.1 Å². The van der Waals surface area contributed by atoms with Crippen LogP contribution in [0.2, 0.25) is 0 Å². The second-order valence-corrected chi connectivity index (χ2v) is 14.5. The van der Waals surface area contributed by atoms with E-state index in [4.69, 9.17) is 0 Å². The number of benzene rings is 10. The maximum atomic E-state index is 13.3. The maximum absolute atomic E-state index is 13.3. The molecule has 0 saturated heterocycles. The normalized spacial score (nSPS) is 12.0. The van der Waals surface area contributed by atoms with Gasteiger partial charge in [-0.1, -0.05) is 151 Å². The second kappa shape index (κ2) is 12.7. The quantitative estimate of drug-likeness (QED) is 0.159. The standard InChI is InChI=1S/C52H33F3/c1-32-10-11-40-27-38(21-20-37(40)26-32)33-12-16-35(17-13-33)48-30-50-47-9-5-3-7-45(47)49(31-51(50)46-8-4-2-6-44(46)48)36-18-14-34(15-19-36)39-22-23-42-29-43(52(53,54)55)25-24-41(42)28-39/h2-31H,1H3. The minimum absolute atomic E-state index is 0.571. The molecule has 0 amide bonds. The molecule has 0 aliphatic heterocycles. The van der Waals surface area contributed by atoms with Crippen molar-refractivity contribution in [1.82, 2.24) is 0 Å². The molecule has 0 aliphatic carbocycles. The van der Waals surface area contributed by atoms with Crippen LogP contribution in [0.3, 0.4) is 0 Å². The monoisotopic (exact) mass is 714 g/mol. The van der Waals surface area contributed by atoms with E-state index >= 15 is 0 Å². The van der Waals surface area contributed by atoms with Crippen molar-refractivity contribution >= 4 is 53.9 Å². The molecule has 0 nitrogen and oxygen atoms in total. The third-order valence-corrected chi connectivity index (χ3v) is 11.1. The minimum Gasteiger partial charge on any atom is -0.166 e. The number of rotatable bonds is 4. The van der Waals surface area contributed by atoms with Gasteiger partial charge in [0.25, 0.3) is 0 Å². The number of halogens is 3. The van der Waals surface area contributed by atoms with Crippen molar-refractivity contribution in [3.8, 4) is 44.5 Å². The molecular formula is C52H33F3. The Balaban J connectivity index is 1.05. The lowest BCUT2D eigenvalue weighted by Gasteiger charge is -2.16. The van der Waals surface area contributed by atoms with E-state index in [9.17, 15) is 13.2 Å². The predicted molar refractivity (Wildman–Crippen MR) is 225 cm³/mol. The van der Waals surface area contributed by atoms with Crippen LogP contribution >= 0.6 is 0 Å². The van der Waals surface area contributed by atoms with E-state index in [0.717, 1.165) is 33.7 Å². The summed E-state index contributed by atoms with van der Waals surface area (Å²) in [5, 5.41) is 11.0. The molecule has 10 aromatic rings. The van der Waals surface area contributed by atoms with Gasteiger partial charge in [-0.15, -0.1) is 0 Å². The van der Waals surface area contributed by atoms with Crippen LogP contribution in [0.25, 0.3) is 98.4 Å². The lowest BCUT2D eigenvalue weighted by Crippen LogP contribution is -2.04. The molecule has 10 aromatic carbocycles. The van der Waals surface area contributed by atoms with E-state index < -0.39 is 11.7 Å². The van der Waals surface area contributed by atoms with E-state index in [1.165, 1.54) is 77.0 Å². The number of hydrogen-bond donors (Lipinski definition) is 0. The van der Waals surface area contributed by atoms with Gasteiger partial charge in [-0.2, -0.15) is 13.2 Å². The molecule has 0 aromatic heterocycles. The molecule has 0 aliphatic rings. The van der Waals surface area contributed by atoms with Crippen molar-refractivity contribution in [3.05, 3.63) is 193 Å². The van der Waals surface area contributed by atoms with Gasteiger partial charge in [0.1, 0.15) is 0 Å². The first-order valence-electron chi connectivity index (χ1n) is 18.5. The Hall–Kier alpha value is -6.71. The average molecular weight is 715 g/mol. The van der Waals surface area contributed by atoms with Crippen LogP contribution in [0, 0.1) is 6.92 Å². The van der Waals surface area contributed by atoms with E-state index in [1.54, 1.807) is 12.1 Å². The molecule has 0 atom stereocenters. The highest BCUT2D eigenvalue weighted by Gasteiger charge is 2.30. The zero-order valence-electron chi connectivity index (χ0n) is 30.0. The molecular weight excluding hydrogens is 682 g/mol. The Morgan fingerprint density at radius 1 is 0.309 bits per heavy atom. The first-order valence-corrected chi connectivity index (χ1v) is 18.5. The molecule has 0 N–H and O–H groups in total. The highest BCUT2D eigenvalue weighted by atomic mass is 19.4.